The van der Waals surface area contributed by atoms with Gasteiger partial charge in [-0.05, 0) is 111 Å². The van der Waals surface area contributed by atoms with Crippen molar-refractivity contribution in [3.05, 3.63) is 58.7 Å². The molecular weight excluding hydrogens is 437 g/mol. The number of halogens is 1. The Hall–Kier alpha value is -2.66. The SMILES string of the molecule is Cc1cc(-n2c(C3CCOCC3)c(C3CC4(CC(C)C4)C3)c3cc4n[nH]c(C)c4cc32)ccc1F. The summed E-state index contributed by atoms with van der Waals surface area (Å²) in [5, 5.41) is 10.3. The van der Waals surface area contributed by atoms with Gasteiger partial charge in [0.1, 0.15) is 5.82 Å². The first kappa shape index (κ1) is 21.6. The van der Waals surface area contributed by atoms with Crippen LogP contribution in [-0.2, 0) is 4.74 Å². The Labute approximate surface area is 205 Å². The monoisotopic (exact) mass is 471 g/mol. The minimum absolute atomic E-state index is 0.147. The van der Waals surface area contributed by atoms with Crippen molar-refractivity contribution < 1.29 is 9.13 Å². The van der Waals surface area contributed by atoms with Gasteiger partial charge in [-0.15, -0.1) is 0 Å². The van der Waals surface area contributed by atoms with Crippen molar-refractivity contribution in [3.8, 4) is 5.69 Å². The molecule has 0 radical (unpaired) electrons. The fourth-order valence-corrected chi connectivity index (χ4v) is 7.75. The molecule has 3 fully saturated rings. The van der Waals surface area contributed by atoms with Crippen molar-refractivity contribution in [3.63, 3.8) is 0 Å². The minimum Gasteiger partial charge on any atom is -0.381 e. The largest absolute Gasteiger partial charge is 0.381 e. The average Bonchev–Trinajstić information content (AvgIpc) is 3.34. The topological polar surface area (TPSA) is 42.8 Å². The lowest BCUT2D eigenvalue weighted by molar-refractivity contribution is -0.0342. The summed E-state index contributed by atoms with van der Waals surface area (Å²) in [6, 6.07) is 10.2. The molecule has 0 amide bonds. The number of ether oxygens (including phenoxy) is 1. The van der Waals surface area contributed by atoms with Gasteiger partial charge in [-0.2, -0.15) is 5.10 Å². The average molecular weight is 472 g/mol. The van der Waals surface area contributed by atoms with Crippen LogP contribution in [0.3, 0.4) is 0 Å². The van der Waals surface area contributed by atoms with E-state index >= 15 is 0 Å². The Bertz CT molecular complexity index is 1440. The van der Waals surface area contributed by atoms with Crippen LogP contribution in [-0.4, -0.2) is 28.0 Å². The van der Waals surface area contributed by atoms with Gasteiger partial charge in [-0.25, -0.2) is 4.39 Å². The van der Waals surface area contributed by atoms with E-state index in [1.807, 2.05) is 19.1 Å². The zero-order valence-electron chi connectivity index (χ0n) is 21.0. The van der Waals surface area contributed by atoms with Gasteiger partial charge in [0.25, 0.3) is 0 Å². The highest BCUT2D eigenvalue weighted by molar-refractivity contribution is 6.00. The number of benzene rings is 2. The summed E-state index contributed by atoms with van der Waals surface area (Å²) in [7, 11) is 0. The molecule has 182 valence electrons. The molecule has 4 nitrogen and oxygen atoms in total. The van der Waals surface area contributed by atoms with Gasteiger partial charge in [0, 0.05) is 47.0 Å². The zero-order valence-corrected chi connectivity index (χ0v) is 21.0. The van der Waals surface area contributed by atoms with Gasteiger partial charge >= 0.3 is 0 Å². The number of nitrogens with zero attached hydrogens (tertiary/aromatic N) is 2. The fourth-order valence-electron chi connectivity index (χ4n) is 7.75. The molecule has 2 aromatic carbocycles. The van der Waals surface area contributed by atoms with Crippen molar-refractivity contribution >= 4 is 21.8 Å². The molecule has 1 spiro atoms. The molecule has 1 aliphatic heterocycles. The summed E-state index contributed by atoms with van der Waals surface area (Å²) in [6.07, 6.45) is 7.44. The molecule has 1 N–H and O–H groups in total. The van der Waals surface area contributed by atoms with E-state index in [4.69, 9.17) is 4.74 Å². The highest BCUT2D eigenvalue weighted by Gasteiger charge is 2.52. The molecule has 1 saturated heterocycles. The van der Waals surface area contributed by atoms with Gasteiger partial charge < -0.3 is 9.30 Å². The molecule has 0 atom stereocenters. The Morgan fingerprint density at radius 3 is 2.49 bits per heavy atom. The molecule has 7 rings (SSSR count). The van der Waals surface area contributed by atoms with Crippen LogP contribution in [0.2, 0.25) is 0 Å². The summed E-state index contributed by atoms with van der Waals surface area (Å²) < 4.78 is 22.6. The van der Waals surface area contributed by atoms with Crippen LogP contribution in [0.5, 0.6) is 0 Å². The summed E-state index contributed by atoms with van der Waals surface area (Å²) in [5.41, 5.74) is 8.65. The fraction of sp³-hybridized carbons (Fsp3) is 0.500. The van der Waals surface area contributed by atoms with E-state index in [2.05, 4.69) is 40.7 Å². The van der Waals surface area contributed by atoms with E-state index in [0.29, 0.717) is 22.8 Å². The number of aromatic amines is 1. The van der Waals surface area contributed by atoms with Crippen LogP contribution in [0.25, 0.3) is 27.5 Å². The van der Waals surface area contributed by atoms with Crippen LogP contribution in [0.4, 0.5) is 4.39 Å². The van der Waals surface area contributed by atoms with Crippen molar-refractivity contribution in [2.75, 3.05) is 13.2 Å². The Morgan fingerprint density at radius 2 is 1.77 bits per heavy atom. The van der Waals surface area contributed by atoms with Crippen LogP contribution >= 0.6 is 0 Å². The summed E-state index contributed by atoms with van der Waals surface area (Å²) in [6.45, 7) is 7.97. The summed E-state index contributed by atoms with van der Waals surface area (Å²) in [5.74, 6) is 1.76. The molecule has 0 bridgehead atoms. The maximum atomic E-state index is 14.3. The van der Waals surface area contributed by atoms with E-state index in [1.165, 1.54) is 47.8 Å². The third-order valence-electron chi connectivity index (χ3n) is 9.25. The first-order chi connectivity index (χ1) is 16.9. The molecule has 0 unspecified atom stereocenters. The van der Waals surface area contributed by atoms with Crippen molar-refractivity contribution in [1.82, 2.24) is 14.8 Å². The molecule has 35 heavy (non-hydrogen) atoms. The Morgan fingerprint density at radius 1 is 1.00 bits per heavy atom. The van der Waals surface area contributed by atoms with Crippen LogP contribution in [0, 0.1) is 31.0 Å². The molecular formula is C30H34FN3O. The van der Waals surface area contributed by atoms with E-state index in [1.54, 1.807) is 6.07 Å². The molecule has 5 heteroatoms. The van der Waals surface area contributed by atoms with Crippen molar-refractivity contribution in [2.45, 2.75) is 71.1 Å². The predicted octanol–water partition coefficient (Wildman–Crippen LogP) is 7.45. The maximum absolute atomic E-state index is 14.3. The number of aryl methyl sites for hydroxylation is 2. The third kappa shape index (κ3) is 3.23. The first-order valence-corrected chi connectivity index (χ1v) is 13.3. The predicted molar refractivity (Wildman–Crippen MR) is 138 cm³/mol. The minimum atomic E-state index is -0.147. The van der Waals surface area contributed by atoms with Gasteiger partial charge in [-0.1, -0.05) is 6.92 Å². The second kappa shape index (κ2) is 7.67. The first-order valence-electron chi connectivity index (χ1n) is 13.3. The number of fused-ring (bicyclic) bond motifs is 2. The lowest BCUT2D eigenvalue weighted by atomic mass is 9.47. The number of nitrogens with one attached hydrogen (secondary N) is 1. The van der Waals surface area contributed by atoms with Crippen molar-refractivity contribution in [1.29, 1.82) is 0 Å². The highest BCUT2D eigenvalue weighted by Crippen LogP contribution is 2.65. The van der Waals surface area contributed by atoms with Crippen LogP contribution in [0.15, 0.2) is 30.3 Å². The van der Waals surface area contributed by atoms with Gasteiger partial charge in [0.05, 0.1) is 11.0 Å². The van der Waals surface area contributed by atoms with Crippen LogP contribution in [0.1, 0.15) is 79.8 Å². The second-order valence-electron chi connectivity index (χ2n) is 11.8. The van der Waals surface area contributed by atoms with Gasteiger partial charge in [-0.3, -0.25) is 5.10 Å². The Balaban J connectivity index is 1.50. The lowest BCUT2D eigenvalue weighted by Crippen LogP contribution is -2.45. The van der Waals surface area contributed by atoms with E-state index in [9.17, 15) is 4.39 Å². The van der Waals surface area contributed by atoms with E-state index < -0.39 is 0 Å². The molecule has 2 saturated carbocycles. The third-order valence-corrected chi connectivity index (χ3v) is 9.25. The maximum Gasteiger partial charge on any atom is 0.126 e. The van der Waals surface area contributed by atoms with Crippen LogP contribution < -0.4 is 0 Å². The number of H-pyrrole nitrogens is 1. The normalized spacial score (nSPS) is 27.0. The smallest absolute Gasteiger partial charge is 0.126 e. The zero-order chi connectivity index (χ0) is 23.9. The molecule has 2 aromatic heterocycles. The number of hydrogen-bond acceptors (Lipinski definition) is 2. The van der Waals surface area contributed by atoms with Gasteiger partial charge in [0.2, 0.25) is 0 Å². The van der Waals surface area contributed by atoms with Crippen molar-refractivity contribution in [2.24, 2.45) is 11.3 Å². The second-order valence-corrected chi connectivity index (χ2v) is 11.8. The number of rotatable bonds is 3. The number of hydrogen-bond donors (Lipinski definition) is 1. The molecule has 3 heterocycles. The lowest BCUT2D eigenvalue weighted by Gasteiger charge is -2.57. The molecule has 4 aromatic rings. The summed E-state index contributed by atoms with van der Waals surface area (Å²) >= 11 is 0. The quantitative estimate of drug-likeness (QED) is 0.337. The summed E-state index contributed by atoms with van der Waals surface area (Å²) in [4.78, 5) is 0. The molecule has 2 aliphatic carbocycles. The standard InChI is InChI=1S/C30H34FN3O/c1-17-13-30(14-17)15-21(16-30)28-24-11-26-23(19(3)32-33-26)12-27(24)34(22-4-5-25(31)18(2)10-22)29(28)20-6-8-35-9-7-20/h4-5,10-12,17,20-21H,6-9,13-16H2,1-3H3,(H,32,33). The number of aromatic nitrogens is 3. The Kier molecular flexibility index (Phi) is 4.73. The highest BCUT2D eigenvalue weighted by atomic mass is 19.1. The molecule has 3 aliphatic rings. The van der Waals surface area contributed by atoms with E-state index in [-0.39, 0.29) is 5.82 Å². The van der Waals surface area contributed by atoms with Gasteiger partial charge in [0.15, 0.2) is 0 Å². The van der Waals surface area contributed by atoms with E-state index in [0.717, 1.165) is 54.3 Å².